The van der Waals surface area contributed by atoms with Gasteiger partial charge in [0.25, 0.3) is 0 Å². The van der Waals surface area contributed by atoms with Crippen LogP contribution in [0.2, 0.25) is 0 Å². The predicted octanol–water partition coefficient (Wildman–Crippen LogP) is 3.01. The van der Waals surface area contributed by atoms with Crippen LogP contribution in [0.4, 0.5) is 0 Å². The lowest BCUT2D eigenvalue weighted by Gasteiger charge is -2.43. The van der Waals surface area contributed by atoms with Gasteiger partial charge in [-0.2, -0.15) is 0 Å². The van der Waals surface area contributed by atoms with Crippen molar-refractivity contribution in [3.63, 3.8) is 0 Å². The first kappa shape index (κ1) is 20.5. The normalized spacial score (nSPS) is 23.5. The van der Waals surface area contributed by atoms with Gasteiger partial charge >= 0.3 is 0 Å². The quantitative estimate of drug-likeness (QED) is 0.546. The summed E-state index contributed by atoms with van der Waals surface area (Å²) in [7, 11) is 6.22. The largest absolute Gasteiger partial charge is 0.381 e. The van der Waals surface area contributed by atoms with E-state index in [0.29, 0.717) is 6.04 Å². The summed E-state index contributed by atoms with van der Waals surface area (Å²) in [4.78, 5) is 6.79. The van der Waals surface area contributed by atoms with E-state index < -0.39 is 0 Å². The number of hydrogen-bond acceptors (Lipinski definition) is 3. The van der Waals surface area contributed by atoms with Crippen molar-refractivity contribution in [2.75, 3.05) is 40.9 Å². The van der Waals surface area contributed by atoms with Crippen LogP contribution in [-0.4, -0.2) is 63.3 Å². The molecule has 0 aromatic carbocycles. The third-order valence-electron chi connectivity index (χ3n) is 6.30. The average Bonchev–Trinajstić information content (AvgIpc) is 2.65. The Balaban J connectivity index is 1.75. The molecule has 0 amide bonds. The molecular formula is C20H40N4O. The van der Waals surface area contributed by atoms with E-state index in [9.17, 15) is 0 Å². The maximum atomic E-state index is 5.56. The molecule has 1 aliphatic carbocycles. The minimum absolute atomic E-state index is 0.168. The molecule has 5 nitrogen and oxygen atoms in total. The standard InChI is InChI=1S/C20H40N4O/c1-17(10-11-18-8-6-5-7-9-18)23-19(21-2)22-16-20(24(3)4)12-14-25-15-13-20/h17-18H,5-16H2,1-4H3,(H2,21,22,23). The van der Waals surface area contributed by atoms with E-state index in [-0.39, 0.29) is 5.54 Å². The molecule has 2 fully saturated rings. The van der Waals surface area contributed by atoms with Crippen LogP contribution in [0.5, 0.6) is 0 Å². The van der Waals surface area contributed by atoms with Gasteiger partial charge in [-0.15, -0.1) is 0 Å². The summed E-state index contributed by atoms with van der Waals surface area (Å²) in [6, 6.07) is 0.470. The number of aliphatic imine (C=N–C) groups is 1. The fourth-order valence-electron chi connectivity index (χ4n) is 4.24. The molecule has 1 saturated carbocycles. The van der Waals surface area contributed by atoms with Crippen LogP contribution in [0.3, 0.4) is 0 Å². The van der Waals surface area contributed by atoms with Gasteiger partial charge in [-0.1, -0.05) is 32.1 Å². The Morgan fingerprint density at radius 2 is 1.88 bits per heavy atom. The van der Waals surface area contributed by atoms with Crippen LogP contribution >= 0.6 is 0 Å². The Morgan fingerprint density at radius 1 is 1.20 bits per heavy atom. The molecule has 0 aromatic heterocycles. The first-order valence-electron chi connectivity index (χ1n) is 10.3. The van der Waals surface area contributed by atoms with Gasteiger partial charge in [0.2, 0.25) is 0 Å². The molecule has 0 aromatic rings. The minimum atomic E-state index is 0.168. The predicted molar refractivity (Wildman–Crippen MR) is 106 cm³/mol. The van der Waals surface area contributed by atoms with E-state index in [2.05, 4.69) is 41.5 Å². The Morgan fingerprint density at radius 3 is 2.48 bits per heavy atom. The van der Waals surface area contributed by atoms with Gasteiger partial charge in [0.15, 0.2) is 5.96 Å². The van der Waals surface area contributed by atoms with Crippen molar-refractivity contribution in [2.45, 2.75) is 76.3 Å². The van der Waals surface area contributed by atoms with Gasteiger partial charge in [0, 0.05) is 38.4 Å². The molecule has 1 heterocycles. The molecule has 1 unspecified atom stereocenters. The van der Waals surface area contributed by atoms with E-state index in [1.165, 1.54) is 44.9 Å². The van der Waals surface area contributed by atoms with Crippen molar-refractivity contribution in [3.05, 3.63) is 0 Å². The first-order valence-corrected chi connectivity index (χ1v) is 10.3. The molecule has 1 saturated heterocycles. The van der Waals surface area contributed by atoms with Crippen molar-refractivity contribution in [2.24, 2.45) is 10.9 Å². The summed E-state index contributed by atoms with van der Waals surface area (Å²) >= 11 is 0. The number of guanidine groups is 1. The Hall–Kier alpha value is -0.810. The fraction of sp³-hybridized carbons (Fsp3) is 0.950. The highest BCUT2D eigenvalue weighted by molar-refractivity contribution is 5.80. The molecule has 2 aliphatic rings. The van der Waals surface area contributed by atoms with Gasteiger partial charge in [-0.3, -0.25) is 4.99 Å². The summed E-state index contributed by atoms with van der Waals surface area (Å²) in [6.45, 7) is 4.90. The summed E-state index contributed by atoms with van der Waals surface area (Å²) < 4.78 is 5.56. The van der Waals surface area contributed by atoms with Crippen LogP contribution in [0.1, 0.15) is 64.7 Å². The zero-order valence-electron chi connectivity index (χ0n) is 16.9. The fourth-order valence-corrected chi connectivity index (χ4v) is 4.24. The van der Waals surface area contributed by atoms with Crippen molar-refractivity contribution in [1.29, 1.82) is 0 Å². The molecule has 0 radical (unpaired) electrons. The summed E-state index contributed by atoms with van der Waals surface area (Å²) in [5.74, 6) is 1.89. The highest BCUT2D eigenvalue weighted by Gasteiger charge is 2.34. The molecule has 0 spiro atoms. The monoisotopic (exact) mass is 352 g/mol. The van der Waals surface area contributed by atoms with Crippen LogP contribution in [0.25, 0.3) is 0 Å². The van der Waals surface area contributed by atoms with E-state index in [1.54, 1.807) is 0 Å². The molecule has 2 rings (SSSR count). The van der Waals surface area contributed by atoms with Crippen LogP contribution < -0.4 is 10.6 Å². The van der Waals surface area contributed by atoms with Crippen LogP contribution in [-0.2, 0) is 4.74 Å². The smallest absolute Gasteiger partial charge is 0.191 e. The molecular weight excluding hydrogens is 312 g/mol. The summed E-state index contributed by atoms with van der Waals surface area (Å²) in [5.41, 5.74) is 0.168. The Labute approximate surface area is 155 Å². The molecule has 146 valence electrons. The van der Waals surface area contributed by atoms with Gasteiger partial charge in [0.1, 0.15) is 0 Å². The molecule has 5 heteroatoms. The van der Waals surface area contributed by atoms with Gasteiger partial charge in [-0.25, -0.2) is 0 Å². The second kappa shape index (κ2) is 10.4. The highest BCUT2D eigenvalue weighted by Crippen LogP contribution is 2.28. The Kier molecular flexibility index (Phi) is 8.50. The van der Waals surface area contributed by atoms with Crippen LogP contribution in [0.15, 0.2) is 4.99 Å². The Bertz CT molecular complexity index is 399. The highest BCUT2D eigenvalue weighted by atomic mass is 16.5. The lowest BCUT2D eigenvalue weighted by atomic mass is 9.85. The van der Waals surface area contributed by atoms with E-state index >= 15 is 0 Å². The topological polar surface area (TPSA) is 48.9 Å². The van der Waals surface area contributed by atoms with Gasteiger partial charge < -0.3 is 20.3 Å². The minimum Gasteiger partial charge on any atom is -0.381 e. The van der Waals surface area contributed by atoms with Gasteiger partial charge in [-0.05, 0) is 52.6 Å². The number of ether oxygens (including phenoxy) is 1. The second-order valence-electron chi connectivity index (χ2n) is 8.28. The lowest BCUT2D eigenvalue weighted by molar-refractivity contribution is -0.00503. The zero-order valence-corrected chi connectivity index (χ0v) is 16.9. The van der Waals surface area contributed by atoms with E-state index in [1.807, 2.05) is 7.05 Å². The maximum absolute atomic E-state index is 5.56. The van der Waals surface area contributed by atoms with Gasteiger partial charge in [0.05, 0.1) is 0 Å². The molecule has 1 aliphatic heterocycles. The number of rotatable bonds is 7. The second-order valence-corrected chi connectivity index (χ2v) is 8.28. The molecule has 1 atom stereocenters. The van der Waals surface area contributed by atoms with Crippen LogP contribution in [0, 0.1) is 5.92 Å². The SMILES string of the molecule is CN=C(NCC1(N(C)C)CCOCC1)NC(C)CCC1CCCCC1. The maximum Gasteiger partial charge on any atom is 0.191 e. The van der Waals surface area contributed by atoms with Crippen molar-refractivity contribution in [3.8, 4) is 0 Å². The lowest BCUT2D eigenvalue weighted by Crippen LogP contribution is -2.57. The summed E-state index contributed by atoms with van der Waals surface area (Å²) in [5, 5.41) is 7.16. The number of likely N-dealkylation sites (N-methyl/N-ethyl adjacent to an activating group) is 1. The molecule has 2 N–H and O–H groups in total. The zero-order chi connectivity index (χ0) is 18.1. The van der Waals surface area contributed by atoms with Crippen molar-refractivity contribution < 1.29 is 4.74 Å². The van der Waals surface area contributed by atoms with Crippen molar-refractivity contribution >= 4 is 5.96 Å². The van der Waals surface area contributed by atoms with E-state index in [0.717, 1.165) is 44.5 Å². The number of nitrogens with one attached hydrogen (secondary N) is 2. The molecule has 25 heavy (non-hydrogen) atoms. The molecule has 0 bridgehead atoms. The number of nitrogens with zero attached hydrogens (tertiary/aromatic N) is 2. The van der Waals surface area contributed by atoms with Crippen molar-refractivity contribution in [1.82, 2.24) is 15.5 Å². The summed E-state index contributed by atoms with van der Waals surface area (Å²) in [6.07, 6.45) is 11.9. The first-order chi connectivity index (χ1) is 12.1. The average molecular weight is 353 g/mol. The third-order valence-corrected chi connectivity index (χ3v) is 6.30. The number of hydrogen-bond donors (Lipinski definition) is 2. The third kappa shape index (κ3) is 6.45. The van der Waals surface area contributed by atoms with E-state index in [4.69, 9.17) is 4.74 Å².